The number of carbonyl (C=O) groups excluding carboxylic acids is 1. The molecule has 4 nitrogen and oxygen atoms in total. The number of thiocarbonyl (C=S) groups is 1. The lowest BCUT2D eigenvalue weighted by atomic mass is 10.0. The van der Waals surface area contributed by atoms with Gasteiger partial charge in [0.05, 0.1) is 10.6 Å². The van der Waals surface area contributed by atoms with Crippen LogP contribution in [-0.4, -0.2) is 32.0 Å². The van der Waals surface area contributed by atoms with Gasteiger partial charge in [0.1, 0.15) is 10.0 Å². The first-order valence-electron chi connectivity index (χ1n) is 8.88. The zero-order valence-corrected chi connectivity index (χ0v) is 17.5. The largest absolute Gasteiger partial charge is 0.296 e. The maximum Gasteiger partial charge on any atom is 0.265 e. The van der Waals surface area contributed by atoms with Crippen LogP contribution in [0, 0.1) is 13.8 Å². The maximum atomic E-state index is 12.5. The molecule has 1 aliphatic heterocycles. The summed E-state index contributed by atoms with van der Waals surface area (Å²) in [6.45, 7) is 4.14. The summed E-state index contributed by atoms with van der Waals surface area (Å²) in [5.41, 5.74) is 6.09. The van der Waals surface area contributed by atoms with Gasteiger partial charge in [-0.2, -0.15) is 5.10 Å². The molecule has 0 saturated carbocycles. The molecule has 1 fully saturated rings. The fourth-order valence-electron chi connectivity index (χ4n) is 3.09. The molecule has 0 radical (unpaired) electrons. The number of aryl methyl sites for hydroxylation is 2. The van der Waals surface area contributed by atoms with Gasteiger partial charge >= 0.3 is 0 Å². The molecule has 0 aliphatic carbocycles. The molecule has 1 aliphatic rings. The van der Waals surface area contributed by atoms with Crippen molar-refractivity contribution in [2.24, 2.45) is 0 Å². The first kappa shape index (κ1) is 18.7. The Morgan fingerprint density at radius 2 is 1.86 bits per heavy atom. The Morgan fingerprint density at radius 3 is 2.54 bits per heavy atom. The van der Waals surface area contributed by atoms with Crippen molar-refractivity contribution in [3.8, 4) is 16.9 Å². The van der Waals surface area contributed by atoms with Crippen molar-refractivity contribution in [2.75, 3.05) is 7.05 Å². The Kier molecular flexibility index (Phi) is 4.91. The van der Waals surface area contributed by atoms with Crippen molar-refractivity contribution >= 4 is 40.3 Å². The van der Waals surface area contributed by atoms with Crippen LogP contribution in [0.25, 0.3) is 23.0 Å². The van der Waals surface area contributed by atoms with E-state index in [0.717, 1.165) is 28.1 Å². The van der Waals surface area contributed by atoms with E-state index < -0.39 is 0 Å². The summed E-state index contributed by atoms with van der Waals surface area (Å²) in [4.78, 5) is 14.6. The van der Waals surface area contributed by atoms with Gasteiger partial charge in [0.15, 0.2) is 0 Å². The van der Waals surface area contributed by atoms with E-state index in [1.165, 1.54) is 22.2 Å². The van der Waals surface area contributed by atoms with Gasteiger partial charge < -0.3 is 0 Å². The van der Waals surface area contributed by atoms with E-state index in [1.807, 2.05) is 47.3 Å². The molecule has 140 valence electrons. The third-order valence-corrected chi connectivity index (χ3v) is 6.17. The Bertz CT molecular complexity index is 1120. The minimum absolute atomic E-state index is 0.0747. The SMILES string of the molecule is Cc1ccc(C)c(-c2nn(-c3ccccc3)cc2/C=C2\SC(=S)N(C)C2=O)c1. The highest BCUT2D eigenvalue weighted by molar-refractivity contribution is 8.26. The number of benzene rings is 2. The molecule has 2 aromatic carbocycles. The summed E-state index contributed by atoms with van der Waals surface area (Å²) in [6, 6.07) is 16.3. The second-order valence-corrected chi connectivity index (χ2v) is 8.45. The Balaban J connectivity index is 1.89. The van der Waals surface area contributed by atoms with E-state index in [4.69, 9.17) is 17.3 Å². The third-order valence-electron chi connectivity index (χ3n) is 4.68. The minimum atomic E-state index is -0.0747. The average Bonchev–Trinajstić information content (AvgIpc) is 3.21. The van der Waals surface area contributed by atoms with Crippen LogP contribution in [0.1, 0.15) is 16.7 Å². The number of hydrogen-bond acceptors (Lipinski definition) is 4. The Labute approximate surface area is 173 Å². The van der Waals surface area contributed by atoms with Gasteiger partial charge in [-0.15, -0.1) is 0 Å². The van der Waals surface area contributed by atoms with E-state index >= 15 is 0 Å². The van der Waals surface area contributed by atoms with E-state index in [-0.39, 0.29) is 5.91 Å². The van der Waals surface area contributed by atoms with Crippen LogP contribution < -0.4 is 0 Å². The lowest BCUT2D eigenvalue weighted by molar-refractivity contribution is -0.121. The second-order valence-electron chi connectivity index (χ2n) is 6.77. The van der Waals surface area contributed by atoms with Crippen LogP contribution >= 0.6 is 24.0 Å². The molecule has 2 heterocycles. The van der Waals surface area contributed by atoms with E-state index in [1.54, 1.807) is 7.05 Å². The molecule has 0 atom stereocenters. The van der Waals surface area contributed by atoms with Gasteiger partial charge in [-0.25, -0.2) is 4.68 Å². The molecule has 0 unspecified atom stereocenters. The fraction of sp³-hybridized carbons (Fsp3) is 0.136. The Morgan fingerprint density at radius 1 is 1.11 bits per heavy atom. The predicted octanol–water partition coefficient (Wildman–Crippen LogP) is 4.99. The van der Waals surface area contributed by atoms with Crippen molar-refractivity contribution in [3.05, 3.63) is 76.3 Å². The highest BCUT2D eigenvalue weighted by Crippen LogP contribution is 2.35. The highest BCUT2D eigenvalue weighted by atomic mass is 32.2. The first-order valence-corrected chi connectivity index (χ1v) is 10.1. The molecular formula is C22H19N3OS2. The molecule has 6 heteroatoms. The lowest BCUT2D eigenvalue weighted by Crippen LogP contribution is -2.22. The molecule has 0 N–H and O–H groups in total. The van der Waals surface area contributed by atoms with Gasteiger partial charge in [-0.1, -0.05) is 59.9 Å². The van der Waals surface area contributed by atoms with Crippen molar-refractivity contribution in [1.29, 1.82) is 0 Å². The number of carbonyl (C=O) groups is 1. The quantitative estimate of drug-likeness (QED) is 0.455. The standard InChI is InChI=1S/C22H19N3OS2/c1-14-9-10-15(2)18(11-14)20-16(12-19-21(26)24(3)22(27)28-19)13-25(23-20)17-7-5-4-6-8-17/h4-13H,1-3H3/b19-12-. The summed E-state index contributed by atoms with van der Waals surface area (Å²) >= 11 is 6.59. The number of likely N-dealkylation sites (N-methyl/N-ethyl adjacent to an activating group) is 1. The van der Waals surface area contributed by atoms with Crippen LogP contribution in [0.5, 0.6) is 0 Å². The van der Waals surface area contributed by atoms with Crippen molar-refractivity contribution < 1.29 is 4.79 Å². The molecule has 3 aromatic rings. The van der Waals surface area contributed by atoms with Gasteiger partial charge in [-0.05, 0) is 43.7 Å². The normalized spacial score (nSPS) is 15.7. The average molecular weight is 406 g/mol. The summed E-state index contributed by atoms with van der Waals surface area (Å²) in [7, 11) is 1.71. The number of nitrogens with zero attached hydrogens (tertiary/aromatic N) is 3. The molecular weight excluding hydrogens is 386 g/mol. The molecule has 4 rings (SSSR count). The van der Waals surface area contributed by atoms with Gasteiger partial charge in [0.2, 0.25) is 0 Å². The number of aromatic nitrogens is 2. The molecule has 28 heavy (non-hydrogen) atoms. The van der Waals surface area contributed by atoms with E-state index in [9.17, 15) is 4.79 Å². The van der Waals surface area contributed by atoms with E-state index in [2.05, 4.69) is 32.0 Å². The van der Waals surface area contributed by atoms with Gasteiger partial charge in [0, 0.05) is 24.4 Å². The van der Waals surface area contributed by atoms with Crippen LogP contribution in [0.4, 0.5) is 0 Å². The number of hydrogen-bond donors (Lipinski definition) is 0. The van der Waals surface area contributed by atoms with Crippen LogP contribution in [0.2, 0.25) is 0 Å². The zero-order chi connectivity index (χ0) is 19.8. The van der Waals surface area contributed by atoms with Crippen LogP contribution in [-0.2, 0) is 4.79 Å². The lowest BCUT2D eigenvalue weighted by Gasteiger charge is -2.06. The summed E-state index contributed by atoms with van der Waals surface area (Å²) in [6.07, 6.45) is 3.86. The zero-order valence-electron chi connectivity index (χ0n) is 15.8. The van der Waals surface area contributed by atoms with Gasteiger partial charge in [0.25, 0.3) is 5.91 Å². The molecule has 1 aromatic heterocycles. The Hall–Kier alpha value is -2.70. The van der Waals surface area contributed by atoms with Crippen LogP contribution in [0.3, 0.4) is 0 Å². The van der Waals surface area contributed by atoms with Crippen molar-refractivity contribution in [2.45, 2.75) is 13.8 Å². The van der Waals surface area contributed by atoms with Crippen molar-refractivity contribution in [1.82, 2.24) is 14.7 Å². The topological polar surface area (TPSA) is 38.1 Å². The molecule has 1 saturated heterocycles. The van der Waals surface area contributed by atoms with Crippen LogP contribution in [0.15, 0.2) is 59.6 Å². The number of amides is 1. The monoisotopic (exact) mass is 405 g/mol. The molecule has 0 spiro atoms. The summed E-state index contributed by atoms with van der Waals surface area (Å²) in [5.74, 6) is -0.0747. The van der Waals surface area contributed by atoms with Gasteiger partial charge in [-0.3, -0.25) is 9.69 Å². The fourth-order valence-corrected chi connectivity index (χ4v) is 4.26. The summed E-state index contributed by atoms with van der Waals surface area (Å²) in [5, 5.41) is 4.86. The maximum absolute atomic E-state index is 12.5. The molecule has 0 bridgehead atoms. The number of para-hydroxylation sites is 1. The third kappa shape index (κ3) is 3.41. The van der Waals surface area contributed by atoms with E-state index in [0.29, 0.717) is 9.23 Å². The van der Waals surface area contributed by atoms with Crippen molar-refractivity contribution in [3.63, 3.8) is 0 Å². The first-order chi connectivity index (χ1) is 13.4. The highest BCUT2D eigenvalue weighted by Gasteiger charge is 2.29. The smallest absolute Gasteiger partial charge is 0.265 e. The number of thioether (sulfide) groups is 1. The summed E-state index contributed by atoms with van der Waals surface area (Å²) < 4.78 is 2.43. The predicted molar refractivity (Wildman–Crippen MR) is 119 cm³/mol. The number of rotatable bonds is 3. The second kappa shape index (κ2) is 7.37. The molecule has 1 amide bonds. The minimum Gasteiger partial charge on any atom is -0.296 e.